The van der Waals surface area contributed by atoms with Crippen molar-refractivity contribution in [3.05, 3.63) is 60.2 Å². The highest BCUT2D eigenvalue weighted by atomic mass is 16.5. The maximum absolute atomic E-state index is 9.48. The van der Waals surface area contributed by atoms with Gasteiger partial charge in [-0.15, -0.1) is 0 Å². The quantitative estimate of drug-likeness (QED) is 0.852. The van der Waals surface area contributed by atoms with E-state index >= 15 is 0 Å². The van der Waals surface area contributed by atoms with Gasteiger partial charge >= 0.3 is 0 Å². The Kier molecular flexibility index (Phi) is 4.25. The number of ether oxygens (including phenoxy) is 1. The van der Waals surface area contributed by atoms with Crippen LogP contribution in [0.3, 0.4) is 0 Å². The van der Waals surface area contributed by atoms with Crippen LogP contribution in [0.15, 0.2) is 59.6 Å². The van der Waals surface area contributed by atoms with Gasteiger partial charge in [-0.25, -0.2) is 0 Å². The fourth-order valence-corrected chi connectivity index (χ4v) is 3.98. The summed E-state index contributed by atoms with van der Waals surface area (Å²) in [5.74, 6) is 2.22. The van der Waals surface area contributed by atoms with Gasteiger partial charge in [0.05, 0.1) is 12.0 Å². The summed E-state index contributed by atoms with van der Waals surface area (Å²) in [4.78, 5) is 6.96. The van der Waals surface area contributed by atoms with E-state index in [1.807, 2.05) is 54.7 Å². The second-order valence-electron chi connectivity index (χ2n) is 6.85. The minimum absolute atomic E-state index is 0.0529. The Morgan fingerprint density at radius 3 is 2.68 bits per heavy atom. The molecular formula is C21H21N3O. The number of nitrogens with zero attached hydrogens (tertiary/aromatic N) is 3. The van der Waals surface area contributed by atoms with Gasteiger partial charge in [0.15, 0.2) is 0 Å². The molecule has 0 spiro atoms. The Morgan fingerprint density at radius 1 is 1.12 bits per heavy atom. The topological polar surface area (TPSA) is 48.6 Å². The van der Waals surface area contributed by atoms with Crippen molar-refractivity contribution in [2.24, 2.45) is 16.8 Å². The van der Waals surface area contributed by atoms with Crippen LogP contribution in [0.5, 0.6) is 11.5 Å². The molecule has 4 heteroatoms. The van der Waals surface area contributed by atoms with Crippen molar-refractivity contribution >= 4 is 6.21 Å². The standard InChI is InChI=1S/C21H21N3O/c1-24-14-16(12-22)19-11-15(13-23-21(19)24)18-9-5-6-10-20(18)25-17-7-3-2-4-8-17/h2-10,13,15-16,19,21H,11,14H2,1H3. The summed E-state index contributed by atoms with van der Waals surface area (Å²) < 4.78 is 6.11. The molecule has 4 unspecified atom stereocenters. The Balaban J connectivity index is 1.62. The molecule has 0 saturated carbocycles. The SMILES string of the molecule is CN1CC(C#N)C2CC(c3ccccc3Oc3ccccc3)C=NC21. The number of nitriles is 1. The van der Waals surface area contributed by atoms with E-state index in [-0.39, 0.29) is 23.9 Å². The van der Waals surface area contributed by atoms with E-state index in [4.69, 9.17) is 9.73 Å². The second kappa shape index (κ2) is 6.70. The molecule has 0 aliphatic carbocycles. The lowest BCUT2D eigenvalue weighted by Gasteiger charge is -2.30. The molecule has 4 atom stereocenters. The molecule has 126 valence electrons. The van der Waals surface area contributed by atoms with Crippen LogP contribution in [-0.4, -0.2) is 30.9 Å². The van der Waals surface area contributed by atoms with Gasteiger partial charge in [0.2, 0.25) is 0 Å². The zero-order valence-electron chi connectivity index (χ0n) is 14.2. The molecule has 4 rings (SSSR count). The van der Waals surface area contributed by atoms with Gasteiger partial charge in [-0.3, -0.25) is 9.89 Å². The summed E-state index contributed by atoms with van der Waals surface area (Å²) in [5.41, 5.74) is 1.14. The van der Waals surface area contributed by atoms with Crippen molar-refractivity contribution in [2.75, 3.05) is 13.6 Å². The average Bonchev–Trinajstić information content (AvgIpc) is 2.98. The highest BCUT2D eigenvalue weighted by Gasteiger charge is 2.43. The molecule has 0 aromatic heterocycles. The van der Waals surface area contributed by atoms with E-state index in [1.54, 1.807) is 0 Å². The first-order chi connectivity index (χ1) is 12.3. The normalized spacial score (nSPS) is 28.3. The number of para-hydroxylation sites is 2. The lowest BCUT2D eigenvalue weighted by Crippen LogP contribution is -2.32. The maximum atomic E-state index is 9.48. The smallest absolute Gasteiger partial charge is 0.131 e. The molecule has 1 saturated heterocycles. The monoisotopic (exact) mass is 331 g/mol. The molecule has 0 N–H and O–H groups in total. The van der Waals surface area contributed by atoms with Crippen LogP contribution in [0.4, 0.5) is 0 Å². The fraction of sp³-hybridized carbons (Fsp3) is 0.333. The van der Waals surface area contributed by atoms with Crippen LogP contribution in [0.2, 0.25) is 0 Å². The van der Waals surface area contributed by atoms with Crippen molar-refractivity contribution in [3.8, 4) is 17.6 Å². The third-order valence-electron chi connectivity index (χ3n) is 5.24. The number of hydrogen-bond acceptors (Lipinski definition) is 4. The lowest BCUT2D eigenvalue weighted by molar-refractivity contribution is 0.260. The Bertz CT molecular complexity index is 811. The fourth-order valence-electron chi connectivity index (χ4n) is 3.98. The highest BCUT2D eigenvalue weighted by Crippen LogP contribution is 2.42. The van der Waals surface area contributed by atoms with E-state index in [1.165, 1.54) is 0 Å². The Hall–Kier alpha value is -2.64. The van der Waals surface area contributed by atoms with Crippen molar-refractivity contribution < 1.29 is 4.74 Å². The molecule has 4 nitrogen and oxygen atoms in total. The van der Waals surface area contributed by atoms with Gasteiger partial charge in [-0.05, 0) is 31.7 Å². The third-order valence-corrected chi connectivity index (χ3v) is 5.24. The molecule has 2 aliphatic heterocycles. The van der Waals surface area contributed by atoms with Crippen molar-refractivity contribution in [2.45, 2.75) is 18.5 Å². The summed E-state index contributed by atoms with van der Waals surface area (Å²) in [7, 11) is 2.05. The first kappa shape index (κ1) is 15.9. The van der Waals surface area contributed by atoms with Crippen LogP contribution in [0.1, 0.15) is 17.9 Å². The summed E-state index contributed by atoms with van der Waals surface area (Å²) in [6.45, 7) is 0.804. The predicted octanol–water partition coefficient (Wildman–Crippen LogP) is 4.06. The summed E-state index contributed by atoms with van der Waals surface area (Å²) in [6, 6.07) is 20.4. The first-order valence-corrected chi connectivity index (χ1v) is 8.71. The molecule has 2 aliphatic rings. The molecule has 0 bridgehead atoms. The van der Waals surface area contributed by atoms with Gasteiger partial charge in [-0.2, -0.15) is 5.26 Å². The molecule has 25 heavy (non-hydrogen) atoms. The minimum Gasteiger partial charge on any atom is -0.457 e. The lowest BCUT2D eigenvalue weighted by atomic mass is 9.81. The van der Waals surface area contributed by atoms with Gasteiger partial charge in [-0.1, -0.05) is 36.4 Å². The van der Waals surface area contributed by atoms with Crippen LogP contribution in [0, 0.1) is 23.2 Å². The molecule has 0 radical (unpaired) electrons. The summed E-state index contributed by atoms with van der Waals surface area (Å²) in [5, 5.41) is 9.48. The van der Waals surface area contributed by atoms with Crippen LogP contribution in [-0.2, 0) is 0 Å². The van der Waals surface area contributed by atoms with E-state index in [0.29, 0.717) is 0 Å². The van der Waals surface area contributed by atoms with Gasteiger partial charge in [0.1, 0.15) is 17.7 Å². The van der Waals surface area contributed by atoms with Crippen LogP contribution < -0.4 is 4.74 Å². The molecule has 2 aromatic carbocycles. The number of likely N-dealkylation sites (tertiary alicyclic amines) is 1. The van der Waals surface area contributed by atoms with E-state index in [9.17, 15) is 5.26 Å². The summed E-state index contributed by atoms with van der Waals surface area (Å²) >= 11 is 0. The van der Waals surface area contributed by atoms with E-state index in [0.717, 1.165) is 30.0 Å². The molecule has 0 amide bonds. The Labute approximate surface area is 148 Å². The van der Waals surface area contributed by atoms with Crippen molar-refractivity contribution in [3.63, 3.8) is 0 Å². The average molecular weight is 331 g/mol. The third kappa shape index (κ3) is 3.04. The molecular weight excluding hydrogens is 310 g/mol. The van der Waals surface area contributed by atoms with Crippen molar-refractivity contribution in [1.29, 1.82) is 5.26 Å². The van der Waals surface area contributed by atoms with Crippen LogP contribution >= 0.6 is 0 Å². The maximum Gasteiger partial charge on any atom is 0.131 e. The summed E-state index contributed by atoms with van der Waals surface area (Å²) in [6.07, 6.45) is 3.12. The zero-order valence-corrected chi connectivity index (χ0v) is 14.2. The largest absolute Gasteiger partial charge is 0.457 e. The number of rotatable bonds is 3. The van der Waals surface area contributed by atoms with E-state index < -0.39 is 0 Å². The molecule has 2 heterocycles. The minimum atomic E-state index is 0.0529. The van der Waals surface area contributed by atoms with Gasteiger partial charge in [0.25, 0.3) is 0 Å². The number of aliphatic imine (C=N–C) groups is 1. The highest BCUT2D eigenvalue weighted by molar-refractivity contribution is 5.71. The number of fused-ring (bicyclic) bond motifs is 1. The van der Waals surface area contributed by atoms with Crippen molar-refractivity contribution in [1.82, 2.24) is 4.90 Å². The van der Waals surface area contributed by atoms with Gasteiger partial charge < -0.3 is 4.74 Å². The number of hydrogen-bond donors (Lipinski definition) is 0. The Morgan fingerprint density at radius 2 is 1.88 bits per heavy atom. The predicted molar refractivity (Wildman–Crippen MR) is 97.8 cm³/mol. The zero-order chi connectivity index (χ0) is 17.2. The molecule has 2 aromatic rings. The first-order valence-electron chi connectivity index (χ1n) is 8.71. The number of benzene rings is 2. The van der Waals surface area contributed by atoms with E-state index in [2.05, 4.69) is 24.1 Å². The van der Waals surface area contributed by atoms with Gasteiger partial charge in [0, 0.05) is 30.2 Å². The second-order valence-corrected chi connectivity index (χ2v) is 6.85. The molecule has 1 fully saturated rings. The van der Waals surface area contributed by atoms with Crippen LogP contribution in [0.25, 0.3) is 0 Å².